The minimum atomic E-state index is -2.96. The summed E-state index contributed by atoms with van der Waals surface area (Å²) in [6.07, 6.45) is 0. The highest BCUT2D eigenvalue weighted by atomic mass is 19.3. The van der Waals surface area contributed by atoms with Crippen molar-refractivity contribution >= 4 is 5.97 Å². The van der Waals surface area contributed by atoms with Gasteiger partial charge in [0.05, 0.1) is 21.3 Å². The number of hydrogen-bond donors (Lipinski definition) is 0. The third-order valence-electron chi connectivity index (χ3n) is 3.44. The predicted molar refractivity (Wildman–Crippen MR) is 88.3 cm³/mol. The second-order valence-corrected chi connectivity index (χ2v) is 5.01. The molecule has 0 aliphatic carbocycles. The SMILES string of the molecule is COc1ccc(C(=O)OCc2ccc(OC(F)F)c(OC)c2)c(OC)c1. The Hall–Kier alpha value is -3.03. The molecule has 0 aliphatic heterocycles. The lowest BCUT2D eigenvalue weighted by atomic mass is 10.2. The number of benzene rings is 2. The standard InChI is InChI=1S/C18H18F2O6/c1-22-12-5-6-13(15(9-12)23-2)17(21)25-10-11-4-7-14(26-18(19)20)16(8-11)24-3/h4-9,18H,10H2,1-3H3. The Morgan fingerprint density at radius 2 is 1.65 bits per heavy atom. The van der Waals surface area contributed by atoms with E-state index in [1.165, 1.54) is 45.6 Å². The van der Waals surface area contributed by atoms with Gasteiger partial charge in [-0.05, 0) is 29.8 Å². The molecule has 0 saturated carbocycles. The molecule has 0 aliphatic rings. The van der Waals surface area contributed by atoms with Gasteiger partial charge in [-0.15, -0.1) is 0 Å². The van der Waals surface area contributed by atoms with Gasteiger partial charge in [0.2, 0.25) is 0 Å². The fraction of sp³-hybridized carbons (Fsp3) is 0.278. The van der Waals surface area contributed by atoms with E-state index in [9.17, 15) is 13.6 Å². The van der Waals surface area contributed by atoms with Gasteiger partial charge in [-0.25, -0.2) is 4.79 Å². The Balaban J connectivity index is 2.10. The van der Waals surface area contributed by atoms with Gasteiger partial charge in [0.1, 0.15) is 23.7 Å². The number of rotatable bonds is 8. The minimum Gasteiger partial charge on any atom is -0.497 e. The van der Waals surface area contributed by atoms with Crippen LogP contribution in [0.5, 0.6) is 23.0 Å². The van der Waals surface area contributed by atoms with Crippen molar-refractivity contribution in [3.05, 3.63) is 47.5 Å². The topological polar surface area (TPSA) is 63.2 Å². The Morgan fingerprint density at radius 3 is 2.27 bits per heavy atom. The first kappa shape index (κ1) is 19.3. The summed E-state index contributed by atoms with van der Waals surface area (Å²) in [6.45, 7) is -3.05. The molecule has 0 unspecified atom stereocenters. The van der Waals surface area contributed by atoms with E-state index in [4.69, 9.17) is 18.9 Å². The van der Waals surface area contributed by atoms with E-state index in [0.29, 0.717) is 17.1 Å². The molecule has 0 radical (unpaired) electrons. The van der Waals surface area contributed by atoms with E-state index in [1.54, 1.807) is 12.1 Å². The molecule has 0 amide bonds. The van der Waals surface area contributed by atoms with Crippen LogP contribution in [0.4, 0.5) is 8.78 Å². The van der Waals surface area contributed by atoms with Crippen LogP contribution in [-0.4, -0.2) is 33.9 Å². The molecular weight excluding hydrogens is 350 g/mol. The first-order valence-corrected chi connectivity index (χ1v) is 7.49. The molecule has 0 atom stereocenters. The lowest BCUT2D eigenvalue weighted by molar-refractivity contribution is -0.0512. The molecule has 0 spiro atoms. The molecule has 2 aromatic rings. The first-order valence-electron chi connectivity index (χ1n) is 7.49. The molecular formula is C18H18F2O6. The van der Waals surface area contributed by atoms with Gasteiger partial charge in [-0.2, -0.15) is 8.78 Å². The molecule has 0 heterocycles. The zero-order valence-corrected chi connectivity index (χ0v) is 14.5. The maximum absolute atomic E-state index is 12.3. The van der Waals surface area contributed by atoms with Crippen LogP contribution in [0.1, 0.15) is 15.9 Å². The van der Waals surface area contributed by atoms with Crippen molar-refractivity contribution in [1.29, 1.82) is 0 Å². The van der Waals surface area contributed by atoms with Gasteiger partial charge < -0.3 is 23.7 Å². The molecule has 8 heteroatoms. The van der Waals surface area contributed by atoms with Gasteiger partial charge in [0, 0.05) is 6.07 Å². The van der Waals surface area contributed by atoms with Crippen LogP contribution < -0.4 is 18.9 Å². The summed E-state index contributed by atoms with van der Waals surface area (Å²) in [6, 6.07) is 8.98. The number of alkyl halides is 2. The molecule has 26 heavy (non-hydrogen) atoms. The Bertz CT molecular complexity index is 763. The predicted octanol–water partition coefficient (Wildman–Crippen LogP) is 3.67. The van der Waals surface area contributed by atoms with Crippen molar-refractivity contribution in [1.82, 2.24) is 0 Å². The van der Waals surface area contributed by atoms with Crippen molar-refractivity contribution in [2.45, 2.75) is 13.2 Å². The Labute approximate surface area is 149 Å². The maximum Gasteiger partial charge on any atom is 0.387 e. The van der Waals surface area contributed by atoms with Crippen molar-refractivity contribution in [3.8, 4) is 23.0 Å². The summed E-state index contributed by atoms with van der Waals surface area (Å²) in [5.74, 6) is 0.261. The van der Waals surface area contributed by atoms with Crippen molar-refractivity contribution in [2.75, 3.05) is 21.3 Å². The summed E-state index contributed by atoms with van der Waals surface area (Å²) in [5, 5.41) is 0. The zero-order chi connectivity index (χ0) is 19.1. The van der Waals surface area contributed by atoms with E-state index in [2.05, 4.69) is 4.74 Å². The second-order valence-electron chi connectivity index (χ2n) is 5.01. The average molecular weight is 368 g/mol. The lowest BCUT2D eigenvalue weighted by Crippen LogP contribution is -2.08. The molecule has 0 saturated heterocycles. The molecule has 140 valence electrons. The number of carbonyl (C=O) groups excluding carboxylic acids is 1. The van der Waals surface area contributed by atoms with E-state index >= 15 is 0 Å². The van der Waals surface area contributed by atoms with E-state index in [1.807, 2.05) is 0 Å². The third-order valence-corrected chi connectivity index (χ3v) is 3.44. The van der Waals surface area contributed by atoms with E-state index < -0.39 is 12.6 Å². The number of methoxy groups -OCH3 is 3. The molecule has 0 bridgehead atoms. The minimum absolute atomic E-state index is 0.0840. The average Bonchev–Trinajstić information content (AvgIpc) is 2.65. The summed E-state index contributed by atoms with van der Waals surface area (Å²) in [4.78, 5) is 12.3. The summed E-state index contributed by atoms with van der Waals surface area (Å²) in [7, 11) is 4.26. The Kier molecular flexibility index (Phi) is 6.60. The van der Waals surface area contributed by atoms with Crippen LogP contribution in [0, 0.1) is 0 Å². The van der Waals surface area contributed by atoms with Crippen LogP contribution in [0.15, 0.2) is 36.4 Å². The fourth-order valence-electron chi connectivity index (χ4n) is 2.19. The number of halogens is 2. The molecule has 6 nitrogen and oxygen atoms in total. The number of carbonyl (C=O) groups is 1. The highest BCUT2D eigenvalue weighted by molar-refractivity contribution is 5.92. The van der Waals surface area contributed by atoms with Crippen LogP contribution in [0.2, 0.25) is 0 Å². The summed E-state index contributed by atoms with van der Waals surface area (Å²) < 4.78 is 49.5. The van der Waals surface area contributed by atoms with Gasteiger partial charge in [-0.1, -0.05) is 6.07 Å². The van der Waals surface area contributed by atoms with Crippen LogP contribution >= 0.6 is 0 Å². The molecule has 2 rings (SSSR count). The van der Waals surface area contributed by atoms with E-state index in [0.717, 1.165) is 0 Å². The van der Waals surface area contributed by atoms with E-state index in [-0.39, 0.29) is 23.7 Å². The molecule has 0 N–H and O–H groups in total. The van der Waals surface area contributed by atoms with Crippen molar-refractivity contribution in [3.63, 3.8) is 0 Å². The smallest absolute Gasteiger partial charge is 0.387 e. The molecule has 2 aromatic carbocycles. The lowest BCUT2D eigenvalue weighted by Gasteiger charge is -2.12. The number of ether oxygens (including phenoxy) is 5. The third kappa shape index (κ3) is 4.75. The maximum atomic E-state index is 12.3. The fourth-order valence-corrected chi connectivity index (χ4v) is 2.19. The second kappa shape index (κ2) is 8.89. The molecule has 0 aromatic heterocycles. The quantitative estimate of drug-likeness (QED) is 0.663. The highest BCUT2D eigenvalue weighted by Crippen LogP contribution is 2.30. The normalized spacial score (nSPS) is 10.4. The number of hydrogen-bond acceptors (Lipinski definition) is 6. The van der Waals surface area contributed by atoms with Gasteiger partial charge >= 0.3 is 12.6 Å². The van der Waals surface area contributed by atoms with Crippen LogP contribution in [0.25, 0.3) is 0 Å². The Morgan fingerprint density at radius 1 is 0.923 bits per heavy atom. The van der Waals surface area contributed by atoms with Crippen LogP contribution in [-0.2, 0) is 11.3 Å². The first-order chi connectivity index (χ1) is 12.5. The molecule has 0 fully saturated rings. The van der Waals surface area contributed by atoms with Gasteiger partial charge in [0.15, 0.2) is 11.5 Å². The largest absolute Gasteiger partial charge is 0.497 e. The van der Waals surface area contributed by atoms with Crippen LogP contribution in [0.3, 0.4) is 0 Å². The monoisotopic (exact) mass is 368 g/mol. The summed E-state index contributed by atoms with van der Waals surface area (Å²) >= 11 is 0. The highest BCUT2D eigenvalue weighted by Gasteiger charge is 2.16. The van der Waals surface area contributed by atoms with Gasteiger partial charge in [-0.3, -0.25) is 0 Å². The van der Waals surface area contributed by atoms with Gasteiger partial charge in [0.25, 0.3) is 0 Å². The summed E-state index contributed by atoms with van der Waals surface area (Å²) in [5.41, 5.74) is 0.780. The van der Waals surface area contributed by atoms with Crippen molar-refractivity contribution in [2.24, 2.45) is 0 Å². The van der Waals surface area contributed by atoms with Crippen molar-refractivity contribution < 1.29 is 37.3 Å². The number of esters is 1. The zero-order valence-electron chi connectivity index (χ0n) is 14.5.